The minimum Gasteiger partial charge on any atom is -0.477 e. The van der Waals surface area contributed by atoms with E-state index in [1.807, 2.05) is 4.90 Å². The van der Waals surface area contributed by atoms with Gasteiger partial charge in [0.1, 0.15) is 29.8 Å². The normalized spacial score (nSPS) is 17.9. The van der Waals surface area contributed by atoms with Crippen LogP contribution in [0.1, 0.15) is 48.0 Å². The van der Waals surface area contributed by atoms with Gasteiger partial charge in [-0.15, -0.1) is 4.37 Å². The smallest absolute Gasteiger partial charge is 0.341 e. The minimum atomic E-state index is -1.34. The summed E-state index contributed by atoms with van der Waals surface area (Å²) in [6.07, 6.45) is 8.74. The Morgan fingerprint density at radius 1 is 1.23 bits per heavy atom. The van der Waals surface area contributed by atoms with Crippen molar-refractivity contribution in [2.45, 2.75) is 45.1 Å². The van der Waals surface area contributed by atoms with Gasteiger partial charge >= 0.3 is 5.97 Å². The summed E-state index contributed by atoms with van der Waals surface area (Å²) in [7, 11) is 0. The molecule has 0 saturated carbocycles. The number of nitrogens with zero attached hydrogens (tertiary/aromatic N) is 8. The summed E-state index contributed by atoms with van der Waals surface area (Å²) in [6, 6.07) is 1.76. The molecule has 4 aromatic rings. The highest BCUT2D eigenvalue weighted by molar-refractivity contribution is 7.08. The fraction of sp³-hybridized carbons (Fsp3) is 0.440. The summed E-state index contributed by atoms with van der Waals surface area (Å²) >= 11 is 1.01. The summed E-state index contributed by atoms with van der Waals surface area (Å²) in [5.74, 6) is -0.321. The molecular weight excluding hydrogens is 524 g/mol. The van der Waals surface area contributed by atoms with E-state index in [1.165, 1.54) is 28.1 Å². The molecule has 0 spiro atoms. The largest absolute Gasteiger partial charge is 0.477 e. The third-order valence-electron chi connectivity index (χ3n) is 7.25. The molecule has 4 aromatic heterocycles. The molecule has 0 bridgehead atoms. The quantitative estimate of drug-likeness (QED) is 0.343. The molecule has 1 atom stereocenters. The van der Waals surface area contributed by atoms with E-state index in [0.717, 1.165) is 43.8 Å². The Bertz CT molecular complexity index is 1600. The Balaban J connectivity index is 1.29. The Morgan fingerprint density at radius 3 is 2.79 bits per heavy atom. The fourth-order valence-corrected chi connectivity index (χ4v) is 5.70. The van der Waals surface area contributed by atoms with E-state index < -0.39 is 17.0 Å². The average molecular weight is 551 g/mol. The summed E-state index contributed by atoms with van der Waals surface area (Å²) in [6.45, 7) is 3.60. The molecule has 6 rings (SSSR count). The van der Waals surface area contributed by atoms with Gasteiger partial charge in [0.2, 0.25) is 10.6 Å². The number of carbonyl (C=O) groups excluding carboxylic acids is 1. The summed E-state index contributed by atoms with van der Waals surface area (Å²) in [5.41, 5.74) is -0.158. The molecule has 2 fully saturated rings. The number of anilines is 1. The van der Waals surface area contributed by atoms with Crippen LogP contribution in [0, 0.1) is 12.8 Å². The second-order valence-electron chi connectivity index (χ2n) is 9.86. The third kappa shape index (κ3) is 4.81. The van der Waals surface area contributed by atoms with Gasteiger partial charge < -0.3 is 14.7 Å². The number of aromatic nitrogens is 7. The maximum atomic E-state index is 13.1. The molecule has 39 heavy (non-hydrogen) atoms. The summed E-state index contributed by atoms with van der Waals surface area (Å²) in [5, 5.41) is 14.2. The van der Waals surface area contributed by atoms with Crippen molar-refractivity contribution in [2.24, 2.45) is 5.92 Å². The van der Waals surface area contributed by atoms with Crippen molar-refractivity contribution in [3.8, 4) is 11.1 Å². The van der Waals surface area contributed by atoms with E-state index in [0.29, 0.717) is 36.0 Å². The van der Waals surface area contributed by atoms with Crippen molar-refractivity contribution in [1.29, 1.82) is 0 Å². The Hall–Kier alpha value is -4.04. The highest BCUT2D eigenvalue weighted by atomic mass is 32.1. The Labute approximate surface area is 226 Å². The second kappa shape index (κ2) is 10.3. The molecule has 6 heterocycles. The lowest BCUT2D eigenvalue weighted by Crippen LogP contribution is -2.51. The zero-order valence-corrected chi connectivity index (χ0v) is 22.0. The van der Waals surface area contributed by atoms with Gasteiger partial charge in [-0.05, 0) is 44.2 Å². The van der Waals surface area contributed by atoms with Crippen LogP contribution in [0.2, 0.25) is 0 Å². The lowest BCUT2D eigenvalue weighted by atomic mass is 9.90. The number of carboxylic acid groups (broad SMARTS) is 1. The predicted molar refractivity (Wildman–Crippen MR) is 141 cm³/mol. The molecule has 0 aromatic carbocycles. The highest BCUT2D eigenvalue weighted by Gasteiger charge is 2.34. The number of fused-ring (bicyclic) bond motifs is 1. The second-order valence-corrected chi connectivity index (χ2v) is 10.6. The zero-order valence-electron chi connectivity index (χ0n) is 21.2. The number of hydrogen-bond acceptors (Lipinski definition) is 11. The predicted octanol–water partition coefficient (Wildman–Crippen LogP) is 2.18. The molecule has 0 aliphatic carbocycles. The van der Waals surface area contributed by atoms with Crippen LogP contribution in [-0.2, 0) is 9.53 Å². The zero-order chi connectivity index (χ0) is 27.1. The maximum Gasteiger partial charge on any atom is 0.341 e. The third-order valence-corrected chi connectivity index (χ3v) is 7.96. The van der Waals surface area contributed by atoms with E-state index in [4.69, 9.17) is 9.72 Å². The van der Waals surface area contributed by atoms with Gasteiger partial charge in [-0.1, -0.05) is 0 Å². The van der Waals surface area contributed by atoms with Crippen molar-refractivity contribution in [2.75, 3.05) is 24.6 Å². The highest BCUT2D eigenvalue weighted by Crippen LogP contribution is 2.30. The molecule has 202 valence electrons. The molecule has 2 aliphatic heterocycles. The number of Topliss-reactive ketones (excluding diaryl/α,β-unsaturated/α-hetero) is 1. The minimum absolute atomic E-state index is 0.0728. The van der Waals surface area contributed by atoms with Crippen molar-refractivity contribution >= 4 is 40.1 Å². The number of rotatable bonds is 8. The number of ketones is 1. The van der Waals surface area contributed by atoms with E-state index in [-0.39, 0.29) is 34.8 Å². The van der Waals surface area contributed by atoms with E-state index in [1.54, 1.807) is 13.0 Å². The summed E-state index contributed by atoms with van der Waals surface area (Å²) in [4.78, 5) is 52.9. The Kier molecular flexibility index (Phi) is 6.64. The van der Waals surface area contributed by atoms with Crippen LogP contribution in [0.5, 0.6) is 0 Å². The average Bonchev–Trinajstić information content (AvgIpc) is 3.60. The molecule has 0 radical (unpaired) electrons. The van der Waals surface area contributed by atoms with Gasteiger partial charge in [-0.25, -0.2) is 14.8 Å². The number of pyridine rings is 2. The van der Waals surface area contributed by atoms with Crippen LogP contribution in [0.25, 0.3) is 22.1 Å². The molecule has 1 N–H and O–H groups in total. The van der Waals surface area contributed by atoms with Gasteiger partial charge in [-0.2, -0.15) is 14.8 Å². The molecule has 1 unspecified atom stereocenters. The lowest BCUT2D eigenvalue weighted by Gasteiger charge is -2.39. The topological polar surface area (TPSA) is 158 Å². The monoisotopic (exact) mass is 550 g/mol. The molecule has 2 aliphatic rings. The maximum absolute atomic E-state index is 13.1. The van der Waals surface area contributed by atoms with Gasteiger partial charge in [0.25, 0.3) is 5.95 Å². The van der Waals surface area contributed by atoms with Crippen LogP contribution in [-0.4, -0.2) is 76.3 Å². The van der Waals surface area contributed by atoms with Crippen LogP contribution < -0.4 is 10.3 Å². The summed E-state index contributed by atoms with van der Waals surface area (Å²) < 4.78 is 12.9. The van der Waals surface area contributed by atoms with E-state index in [2.05, 4.69) is 19.4 Å². The first-order chi connectivity index (χ1) is 18.9. The van der Waals surface area contributed by atoms with Crippen LogP contribution in [0.4, 0.5) is 5.82 Å². The molecule has 13 nitrogen and oxygen atoms in total. The standard InChI is InChI=1S/C25H26N8O5S/c1-14-8-19(31-9-15(10-31)18(34)6-5-16-4-2-3-7-38-16)28-22-20(14)21(35)17(23(36)37)11-32(22)25-29-24(30-39-25)33-13-26-12-27-33/h8,11-13,15-16H,2-7,9-10H2,1H3,(H,36,37). The molecular formula is C25H26N8O5S. The van der Waals surface area contributed by atoms with Crippen molar-refractivity contribution in [1.82, 2.24) is 33.7 Å². The first-order valence-electron chi connectivity index (χ1n) is 12.8. The van der Waals surface area contributed by atoms with Crippen LogP contribution in [0.3, 0.4) is 0 Å². The number of ether oxygens (including phenoxy) is 1. The Morgan fingerprint density at radius 2 is 2.08 bits per heavy atom. The number of aromatic carboxylic acids is 1. The number of hydrogen-bond donors (Lipinski definition) is 1. The fourth-order valence-electron chi connectivity index (χ4n) is 5.06. The number of aryl methyl sites for hydroxylation is 1. The number of carboxylic acids is 1. The van der Waals surface area contributed by atoms with E-state index >= 15 is 0 Å². The van der Waals surface area contributed by atoms with Crippen molar-refractivity contribution in [3.63, 3.8) is 0 Å². The number of carbonyl (C=O) groups is 2. The van der Waals surface area contributed by atoms with E-state index in [9.17, 15) is 19.5 Å². The lowest BCUT2D eigenvalue weighted by molar-refractivity contribution is -0.124. The SMILES string of the molecule is Cc1cc(N2CC(C(=O)CCC3CCCCO3)C2)nc2c1c(=O)c(C(=O)O)cn2-c1nc(-n2cncn2)ns1. The van der Waals surface area contributed by atoms with Gasteiger partial charge in [0.15, 0.2) is 5.65 Å². The van der Waals surface area contributed by atoms with Crippen LogP contribution in [0.15, 0.2) is 29.7 Å². The van der Waals surface area contributed by atoms with Gasteiger partial charge in [-0.3, -0.25) is 14.2 Å². The first-order valence-corrected chi connectivity index (χ1v) is 13.5. The molecule has 0 amide bonds. The molecule has 14 heteroatoms. The van der Waals surface area contributed by atoms with Crippen LogP contribution >= 0.6 is 11.5 Å². The van der Waals surface area contributed by atoms with Crippen molar-refractivity contribution in [3.05, 3.63) is 46.3 Å². The first kappa shape index (κ1) is 25.2. The van der Waals surface area contributed by atoms with Gasteiger partial charge in [0, 0.05) is 43.8 Å². The molecule has 2 saturated heterocycles. The van der Waals surface area contributed by atoms with Gasteiger partial charge in [0.05, 0.1) is 17.4 Å². The van der Waals surface area contributed by atoms with Crippen molar-refractivity contribution < 1.29 is 19.4 Å².